The molecular formula is C26H34N2O5. The number of nitrogens with zero attached hydrogens (tertiary/aromatic N) is 1. The van der Waals surface area contributed by atoms with Crippen molar-refractivity contribution in [1.82, 2.24) is 10.2 Å². The SMILES string of the molecule is CCC(C(=O)NC(C)(C)C)N(Cc1cccc(OC)c1)C(=O)CCc1ccc2c(c1)OCO2. The van der Waals surface area contributed by atoms with Crippen molar-refractivity contribution in [2.45, 2.75) is 65.1 Å². The maximum atomic E-state index is 13.4. The van der Waals surface area contributed by atoms with Crippen LogP contribution in [0.2, 0.25) is 0 Å². The van der Waals surface area contributed by atoms with Gasteiger partial charge in [0.25, 0.3) is 0 Å². The van der Waals surface area contributed by atoms with Gasteiger partial charge in [-0.1, -0.05) is 25.1 Å². The van der Waals surface area contributed by atoms with Gasteiger partial charge in [-0.2, -0.15) is 0 Å². The van der Waals surface area contributed by atoms with E-state index in [0.29, 0.717) is 30.9 Å². The summed E-state index contributed by atoms with van der Waals surface area (Å²) in [7, 11) is 1.61. The van der Waals surface area contributed by atoms with Gasteiger partial charge < -0.3 is 24.4 Å². The summed E-state index contributed by atoms with van der Waals surface area (Å²) in [5.74, 6) is 1.90. The normalized spacial score (nSPS) is 13.4. The summed E-state index contributed by atoms with van der Waals surface area (Å²) in [5.41, 5.74) is 1.51. The zero-order valence-electron chi connectivity index (χ0n) is 20.1. The molecule has 0 fully saturated rings. The van der Waals surface area contributed by atoms with Gasteiger partial charge in [-0.15, -0.1) is 0 Å². The minimum absolute atomic E-state index is 0.0774. The van der Waals surface area contributed by atoms with Crippen molar-refractivity contribution in [1.29, 1.82) is 0 Å². The number of amides is 2. The lowest BCUT2D eigenvalue weighted by Gasteiger charge is -2.33. The predicted molar refractivity (Wildman–Crippen MR) is 126 cm³/mol. The number of rotatable bonds is 9. The van der Waals surface area contributed by atoms with Crippen molar-refractivity contribution >= 4 is 11.8 Å². The Morgan fingerprint density at radius 2 is 1.85 bits per heavy atom. The summed E-state index contributed by atoms with van der Waals surface area (Å²) < 4.78 is 16.1. The molecule has 7 nitrogen and oxygen atoms in total. The van der Waals surface area contributed by atoms with Crippen LogP contribution in [0, 0.1) is 0 Å². The molecule has 3 rings (SSSR count). The summed E-state index contributed by atoms with van der Waals surface area (Å²) in [4.78, 5) is 28.2. The summed E-state index contributed by atoms with van der Waals surface area (Å²) >= 11 is 0. The quantitative estimate of drug-likeness (QED) is 0.618. The molecule has 1 heterocycles. The zero-order valence-corrected chi connectivity index (χ0v) is 20.1. The second kappa shape index (κ2) is 10.6. The molecule has 0 saturated carbocycles. The van der Waals surface area contributed by atoms with Crippen molar-refractivity contribution in [3.05, 3.63) is 53.6 Å². The average molecular weight is 455 g/mol. The predicted octanol–water partition coefficient (Wildman–Crippen LogP) is 4.08. The zero-order chi connectivity index (χ0) is 24.0. The number of carbonyl (C=O) groups is 2. The Morgan fingerprint density at radius 3 is 2.55 bits per heavy atom. The Morgan fingerprint density at radius 1 is 1.09 bits per heavy atom. The van der Waals surface area contributed by atoms with Crippen LogP contribution in [0.4, 0.5) is 0 Å². The van der Waals surface area contributed by atoms with Gasteiger partial charge in [0.1, 0.15) is 11.8 Å². The van der Waals surface area contributed by atoms with Crippen LogP contribution in [0.1, 0.15) is 51.7 Å². The largest absolute Gasteiger partial charge is 0.497 e. The van der Waals surface area contributed by atoms with E-state index >= 15 is 0 Å². The molecule has 2 aromatic rings. The van der Waals surface area contributed by atoms with E-state index in [2.05, 4.69) is 5.32 Å². The monoisotopic (exact) mass is 454 g/mol. The van der Waals surface area contributed by atoms with Crippen LogP contribution in [0.25, 0.3) is 0 Å². The second-order valence-electron chi connectivity index (χ2n) is 9.22. The summed E-state index contributed by atoms with van der Waals surface area (Å²) in [6.07, 6.45) is 1.34. The summed E-state index contributed by atoms with van der Waals surface area (Å²) in [5, 5.41) is 3.03. The molecule has 1 aliphatic rings. The third-order valence-electron chi connectivity index (χ3n) is 5.44. The number of aryl methyl sites for hydroxylation is 1. The molecule has 0 aromatic heterocycles. The summed E-state index contributed by atoms with van der Waals surface area (Å²) in [6, 6.07) is 12.7. The van der Waals surface area contributed by atoms with E-state index in [-0.39, 0.29) is 30.6 Å². The standard InChI is InChI=1S/C26H34N2O5/c1-6-21(25(30)27-26(2,3)4)28(16-19-8-7-9-20(14-19)31-5)24(29)13-11-18-10-12-22-23(15-18)33-17-32-22/h7-10,12,14-15,21H,6,11,13,16-17H2,1-5H3,(H,27,30). The minimum atomic E-state index is -0.570. The van der Waals surface area contributed by atoms with E-state index in [1.165, 1.54) is 0 Å². The Balaban J connectivity index is 1.79. The highest BCUT2D eigenvalue weighted by Gasteiger charge is 2.30. The molecule has 1 aliphatic heterocycles. The molecule has 1 atom stereocenters. The first-order chi connectivity index (χ1) is 15.7. The Labute approximate surface area is 196 Å². The summed E-state index contributed by atoms with van der Waals surface area (Å²) in [6.45, 7) is 8.28. The first kappa shape index (κ1) is 24.4. The van der Waals surface area contributed by atoms with Crippen molar-refractivity contribution in [2.24, 2.45) is 0 Å². The molecule has 2 amide bonds. The van der Waals surface area contributed by atoms with Crippen molar-refractivity contribution in [3.63, 3.8) is 0 Å². The molecule has 0 spiro atoms. The van der Waals surface area contributed by atoms with E-state index in [9.17, 15) is 9.59 Å². The fraction of sp³-hybridized carbons (Fsp3) is 0.462. The molecule has 2 aromatic carbocycles. The number of hydrogen-bond acceptors (Lipinski definition) is 5. The third kappa shape index (κ3) is 6.63. The fourth-order valence-corrected chi connectivity index (χ4v) is 3.83. The van der Waals surface area contributed by atoms with Gasteiger partial charge in [0, 0.05) is 18.5 Å². The highest BCUT2D eigenvalue weighted by atomic mass is 16.7. The van der Waals surface area contributed by atoms with Gasteiger partial charge in [-0.3, -0.25) is 9.59 Å². The molecule has 0 radical (unpaired) electrons. The topological polar surface area (TPSA) is 77.1 Å². The Kier molecular flexibility index (Phi) is 7.84. The molecule has 33 heavy (non-hydrogen) atoms. The fourth-order valence-electron chi connectivity index (χ4n) is 3.83. The van der Waals surface area contributed by atoms with Gasteiger partial charge in [-0.05, 0) is 69.0 Å². The maximum Gasteiger partial charge on any atom is 0.243 e. The number of hydrogen-bond donors (Lipinski definition) is 1. The molecule has 0 bridgehead atoms. The highest BCUT2D eigenvalue weighted by Crippen LogP contribution is 2.33. The average Bonchev–Trinajstić information content (AvgIpc) is 3.24. The molecule has 0 aliphatic carbocycles. The van der Waals surface area contributed by atoms with Gasteiger partial charge in [0.05, 0.1) is 7.11 Å². The lowest BCUT2D eigenvalue weighted by Crippen LogP contribution is -2.53. The number of fused-ring (bicyclic) bond motifs is 1. The number of carbonyl (C=O) groups excluding carboxylic acids is 2. The number of benzene rings is 2. The van der Waals surface area contributed by atoms with E-state index in [4.69, 9.17) is 14.2 Å². The first-order valence-electron chi connectivity index (χ1n) is 11.3. The van der Waals surface area contributed by atoms with Crippen LogP contribution in [-0.2, 0) is 22.6 Å². The number of ether oxygens (including phenoxy) is 3. The van der Waals surface area contributed by atoms with E-state index < -0.39 is 6.04 Å². The number of methoxy groups -OCH3 is 1. The van der Waals surface area contributed by atoms with Gasteiger partial charge >= 0.3 is 0 Å². The van der Waals surface area contributed by atoms with E-state index in [1.54, 1.807) is 12.0 Å². The molecule has 7 heteroatoms. The van der Waals surface area contributed by atoms with Crippen LogP contribution < -0.4 is 19.5 Å². The Bertz CT molecular complexity index is 983. The van der Waals surface area contributed by atoms with Crippen molar-refractivity contribution < 1.29 is 23.8 Å². The molecule has 1 N–H and O–H groups in total. The van der Waals surface area contributed by atoms with Crippen LogP contribution in [0.3, 0.4) is 0 Å². The molecular weight excluding hydrogens is 420 g/mol. The van der Waals surface area contributed by atoms with Crippen molar-refractivity contribution in [2.75, 3.05) is 13.9 Å². The van der Waals surface area contributed by atoms with Crippen LogP contribution in [-0.4, -0.2) is 42.2 Å². The molecule has 178 valence electrons. The lowest BCUT2D eigenvalue weighted by molar-refractivity contribution is -0.142. The maximum absolute atomic E-state index is 13.4. The van der Waals surface area contributed by atoms with E-state index in [1.807, 2.05) is 70.2 Å². The highest BCUT2D eigenvalue weighted by molar-refractivity contribution is 5.88. The van der Waals surface area contributed by atoms with Gasteiger partial charge in [0.15, 0.2) is 11.5 Å². The lowest BCUT2D eigenvalue weighted by atomic mass is 10.0. The first-order valence-corrected chi connectivity index (χ1v) is 11.3. The minimum Gasteiger partial charge on any atom is -0.497 e. The van der Waals surface area contributed by atoms with Gasteiger partial charge in [-0.25, -0.2) is 0 Å². The Hall–Kier alpha value is -3.22. The number of nitrogens with one attached hydrogen (secondary N) is 1. The smallest absolute Gasteiger partial charge is 0.243 e. The van der Waals surface area contributed by atoms with E-state index in [0.717, 1.165) is 16.9 Å². The van der Waals surface area contributed by atoms with Crippen molar-refractivity contribution in [3.8, 4) is 17.2 Å². The molecule has 0 saturated heterocycles. The van der Waals surface area contributed by atoms with Crippen LogP contribution in [0.15, 0.2) is 42.5 Å². The van der Waals surface area contributed by atoms with Crippen LogP contribution >= 0.6 is 0 Å². The second-order valence-corrected chi connectivity index (χ2v) is 9.22. The van der Waals surface area contributed by atoms with Gasteiger partial charge in [0.2, 0.25) is 18.6 Å². The molecule has 1 unspecified atom stereocenters. The third-order valence-corrected chi connectivity index (χ3v) is 5.44. The van der Waals surface area contributed by atoms with Crippen LogP contribution in [0.5, 0.6) is 17.2 Å².